The molecule has 1 atom stereocenters. The van der Waals surface area contributed by atoms with E-state index in [1.807, 2.05) is 6.92 Å². The van der Waals surface area contributed by atoms with Crippen LogP contribution >= 0.6 is 10.9 Å². The number of aryl methyl sites for hydroxylation is 1. The molecule has 0 spiro atoms. The zero-order valence-corrected chi connectivity index (χ0v) is 17.4. The summed E-state index contributed by atoms with van der Waals surface area (Å²) in [4.78, 5) is 3.17. The molecule has 1 unspecified atom stereocenters. The van der Waals surface area contributed by atoms with Gasteiger partial charge in [0.2, 0.25) is 0 Å². The lowest BCUT2D eigenvalue weighted by atomic mass is 9.87. The first-order valence-corrected chi connectivity index (χ1v) is 10.5. The quantitative estimate of drug-likeness (QED) is 0.425. The van der Waals surface area contributed by atoms with Gasteiger partial charge in [-0.05, 0) is 81.1 Å². The summed E-state index contributed by atoms with van der Waals surface area (Å²) in [5.41, 5.74) is 1.84. The van der Waals surface area contributed by atoms with E-state index in [-0.39, 0.29) is 5.41 Å². The first-order valence-electron chi connectivity index (χ1n) is 9.20. The second kappa shape index (κ2) is 7.67. The standard InChI is InChI=1S/C24H25F3S/c1-17-5-11-20(12-6-17)28(21-13-7-18(8-14-21)23(2,3)4)22-15-9-19(10-16-22)24(25,26)27/h5-16,28H,1-4H3. The summed E-state index contributed by atoms with van der Waals surface area (Å²) in [5, 5.41) is 0. The Morgan fingerprint density at radius 2 is 0.929 bits per heavy atom. The summed E-state index contributed by atoms with van der Waals surface area (Å²) < 4.78 is 38.9. The molecule has 4 heteroatoms. The van der Waals surface area contributed by atoms with Gasteiger partial charge in [0.15, 0.2) is 0 Å². The number of rotatable bonds is 3. The van der Waals surface area contributed by atoms with Gasteiger partial charge in [0.25, 0.3) is 0 Å². The summed E-state index contributed by atoms with van der Waals surface area (Å²) in [6.07, 6.45) is -4.32. The van der Waals surface area contributed by atoms with Crippen LogP contribution in [0.1, 0.15) is 37.5 Å². The number of hydrogen-bond acceptors (Lipinski definition) is 0. The molecule has 28 heavy (non-hydrogen) atoms. The molecule has 148 valence electrons. The van der Waals surface area contributed by atoms with Crippen molar-refractivity contribution in [1.82, 2.24) is 0 Å². The zero-order chi connectivity index (χ0) is 20.5. The van der Waals surface area contributed by atoms with Crippen molar-refractivity contribution in [2.75, 3.05) is 0 Å². The Morgan fingerprint density at radius 3 is 1.29 bits per heavy atom. The van der Waals surface area contributed by atoms with Gasteiger partial charge in [-0.25, -0.2) is 0 Å². The van der Waals surface area contributed by atoms with Crippen molar-refractivity contribution in [2.24, 2.45) is 0 Å². The van der Waals surface area contributed by atoms with E-state index >= 15 is 0 Å². The van der Waals surface area contributed by atoms with Crippen LogP contribution in [0.15, 0.2) is 87.5 Å². The van der Waals surface area contributed by atoms with Crippen molar-refractivity contribution < 1.29 is 13.2 Å². The molecule has 0 fully saturated rings. The van der Waals surface area contributed by atoms with Gasteiger partial charge in [0, 0.05) is 0 Å². The van der Waals surface area contributed by atoms with Gasteiger partial charge < -0.3 is 0 Å². The number of benzene rings is 3. The number of halogens is 3. The predicted octanol–water partition coefficient (Wildman–Crippen LogP) is 7.79. The van der Waals surface area contributed by atoms with E-state index in [2.05, 4.69) is 69.3 Å². The average molecular weight is 403 g/mol. The van der Waals surface area contributed by atoms with Crippen molar-refractivity contribution in [3.05, 3.63) is 89.5 Å². The molecular weight excluding hydrogens is 377 g/mol. The number of thiol groups is 1. The zero-order valence-electron chi connectivity index (χ0n) is 16.5. The molecule has 0 aliphatic carbocycles. The summed E-state index contributed by atoms with van der Waals surface area (Å²) >= 11 is 0. The van der Waals surface area contributed by atoms with Crippen LogP contribution in [0.25, 0.3) is 0 Å². The summed E-state index contributed by atoms with van der Waals surface area (Å²) in [6.45, 7) is 8.53. The molecule has 3 aromatic rings. The van der Waals surface area contributed by atoms with Crippen LogP contribution in [-0.2, 0) is 11.6 Å². The van der Waals surface area contributed by atoms with Gasteiger partial charge in [-0.15, -0.1) is 0 Å². The Morgan fingerprint density at radius 1 is 0.571 bits per heavy atom. The topological polar surface area (TPSA) is 0 Å². The van der Waals surface area contributed by atoms with Crippen molar-refractivity contribution in [3.63, 3.8) is 0 Å². The SMILES string of the molecule is Cc1ccc([SH](c2ccc(C(C)(C)C)cc2)c2ccc(C(F)(F)F)cc2)cc1. The maximum atomic E-state index is 13.0. The highest BCUT2D eigenvalue weighted by Crippen LogP contribution is 2.51. The van der Waals surface area contributed by atoms with Gasteiger partial charge in [-0.2, -0.15) is 24.1 Å². The van der Waals surface area contributed by atoms with Crippen LogP contribution in [0.4, 0.5) is 13.2 Å². The van der Waals surface area contributed by atoms with Gasteiger partial charge >= 0.3 is 6.18 Å². The molecule has 0 aliphatic heterocycles. The molecule has 3 rings (SSSR count). The van der Waals surface area contributed by atoms with E-state index < -0.39 is 22.6 Å². The Bertz CT molecular complexity index is 859. The van der Waals surface area contributed by atoms with Crippen molar-refractivity contribution >= 4 is 10.9 Å². The molecule has 0 N–H and O–H groups in total. The normalized spacial score (nSPS) is 14.0. The Labute approximate surface area is 167 Å². The first kappa shape index (κ1) is 20.5. The minimum absolute atomic E-state index is 0.0551. The Hall–Kier alpha value is -2.20. The molecule has 0 aromatic heterocycles. The van der Waals surface area contributed by atoms with Crippen molar-refractivity contribution in [3.8, 4) is 0 Å². The smallest absolute Gasteiger partial charge is 0.173 e. The van der Waals surface area contributed by atoms with Gasteiger partial charge in [-0.3, -0.25) is 0 Å². The van der Waals surface area contributed by atoms with Crippen molar-refractivity contribution in [2.45, 2.75) is 54.0 Å². The second-order valence-corrected chi connectivity index (χ2v) is 10.2. The fourth-order valence-corrected chi connectivity index (χ4v) is 5.29. The van der Waals surface area contributed by atoms with Gasteiger partial charge in [0.05, 0.1) is 5.56 Å². The van der Waals surface area contributed by atoms with Crippen LogP contribution in [0.3, 0.4) is 0 Å². The third-order valence-electron chi connectivity index (χ3n) is 4.74. The minimum atomic E-state index is -4.32. The summed E-state index contributed by atoms with van der Waals surface area (Å²) in [5.74, 6) is 0. The van der Waals surface area contributed by atoms with E-state index in [1.54, 1.807) is 12.1 Å². The lowest BCUT2D eigenvalue weighted by Gasteiger charge is -2.25. The van der Waals surface area contributed by atoms with Gasteiger partial charge in [0.1, 0.15) is 0 Å². The monoisotopic (exact) mass is 402 g/mol. The van der Waals surface area contributed by atoms with Crippen LogP contribution in [-0.4, -0.2) is 0 Å². The predicted molar refractivity (Wildman–Crippen MR) is 112 cm³/mol. The molecule has 0 amide bonds. The maximum absolute atomic E-state index is 13.0. The maximum Gasteiger partial charge on any atom is 0.416 e. The van der Waals surface area contributed by atoms with Crippen LogP contribution in [0.5, 0.6) is 0 Å². The molecule has 0 saturated carbocycles. The highest BCUT2D eigenvalue weighted by atomic mass is 32.2. The Kier molecular flexibility index (Phi) is 5.62. The summed E-state index contributed by atoms with van der Waals surface area (Å²) in [7, 11) is -0.922. The second-order valence-electron chi connectivity index (χ2n) is 8.01. The molecule has 0 heterocycles. The third kappa shape index (κ3) is 4.61. The first-order chi connectivity index (χ1) is 13.1. The largest absolute Gasteiger partial charge is 0.416 e. The molecule has 0 nitrogen and oxygen atoms in total. The molecule has 0 bridgehead atoms. The molecular formula is C24H25F3S. The fraction of sp³-hybridized carbons (Fsp3) is 0.250. The lowest BCUT2D eigenvalue weighted by molar-refractivity contribution is -0.137. The van der Waals surface area contributed by atoms with Crippen LogP contribution in [0, 0.1) is 6.92 Å². The van der Waals surface area contributed by atoms with Gasteiger partial charge in [-0.1, -0.05) is 50.6 Å². The summed E-state index contributed by atoms with van der Waals surface area (Å²) in [6, 6.07) is 22.4. The van der Waals surface area contributed by atoms with Crippen molar-refractivity contribution in [1.29, 1.82) is 0 Å². The highest BCUT2D eigenvalue weighted by molar-refractivity contribution is 8.17. The van der Waals surface area contributed by atoms with E-state index in [0.29, 0.717) is 0 Å². The minimum Gasteiger partial charge on any atom is -0.173 e. The number of hydrogen-bond donors (Lipinski definition) is 1. The van der Waals surface area contributed by atoms with E-state index in [9.17, 15) is 13.2 Å². The van der Waals surface area contributed by atoms with Crippen LogP contribution < -0.4 is 0 Å². The highest BCUT2D eigenvalue weighted by Gasteiger charge is 2.30. The lowest BCUT2D eigenvalue weighted by Crippen LogP contribution is -2.10. The molecule has 0 aliphatic rings. The van der Waals surface area contributed by atoms with E-state index in [4.69, 9.17) is 0 Å². The molecule has 0 saturated heterocycles. The van der Waals surface area contributed by atoms with Crippen LogP contribution in [0.2, 0.25) is 0 Å². The number of alkyl halides is 3. The third-order valence-corrected chi connectivity index (χ3v) is 7.18. The average Bonchev–Trinajstić information content (AvgIpc) is 2.63. The van der Waals surface area contributed by atoms with E-state index in [1.165, 1.54) is 17.7 Å². The fourth-order valence-electron chi connectivity index (χ4n) is 3.05. The van der Waals surface area contributed by atoms with E-state index in [0.717, 1.165) is 20.2 Å². The Balaban J connectivity index is 2.06. The molecule has 3 aromatic carbocycles. The molecule has 0 radical (unpaired) electrons.